The first-order valence-corrected chi connectivity index (χ1v) is 8.43. The smallest absolute Gasteiger partial charge is 0.410 e. The van der Waals surface area contributed by atoms with Crippen molar-refractivity contribution in [2.75, 3.05) is 24.5 Å². The normalized spacial score (nSPS) is 18.5. The van der Waals surface area contributed by atoms with Gasteiger partial charge in [0.1, 0.15) is 11.4 Å². The minimum Gasteiger partial charge on any atom is -0.444 e. The zero-order valence-corrected chi connectivity index (χ0v) is 15.2. The number of ketones is 1. The van der Waals surface area contributed by atoms with Crippen LogP contribution in [0.2, 0.25) is 0 Å². The predicted octanol–water partition coefficient (Wildman–Crippen LogP) is 3.12. The van der Waals surface area contributed by atoms with Crippen LogP contribution in [0.3, 0.4) is 0 Å². The maximum Gasteiger partial charge on any atom is 0.410 e. The highest BCUT2D eigenvalue weighted by Gasteiger charge is 2.32. The fourth-order valence-electron chi connectivity index (χ4n) is 2.76. The summed E-state index contributed by atoms with van der Waals surface area (Å²) in [6.45, 7) is 11.2. The van der Waals surface area contributed by atoms with E-state index in [9.17, 15) is 9.59 Å². The van der Waals surface area contributed by atoms with E-state index in [0.29, 0.717) is 25.2 Å². The van der Waals surface area contributed by atoms with E-state index in [0.717, 1.165) is 12.2 Å². The third kappa shape index (κ3) is 4.46. The van der Waals surface area contributed by atoms with Crippen molar-refractivity contribution < 1.29 is 14.3 Å². The van der Waals surface area contributed by atoms with Gasteiger partial charge in [0.15, 0.2) is 5.78 Å². The van der Waals surface area contributed by atoms with Gasteiger partial charge in [-0.2, -0.15) is 0 Å². The van der Waals surface area contributed by atoms with Crippen LogP contribution in [0.1, 0.15) is 51.4 Å². The van der Waals surface area contributed by atoms with Crippen molar-refractivity contribution in [2.45, 2.75) is 52.7 Å². The first-order valence-electron chi connectivity index (χ1n) is 8.43. The molecular formula is C18H27N3O3. The Balaban J connectivity index is 2.06. The Morgan fingerprint density at radius 1 is 1.29 bits per heavy atom. The Morgan fingerprint density at radius 2 is 2.00 bits per heavy atom. The second kappa shape index (κ2) is 7.20. The molecular weight excluding hydrogens is 306 g/mol. The number of aromatic nitrogens is 1. The summed E-state index contributed by atoms with van der Waals surface area (Å²) < 4.78 is 5.51. The van der Waals surface area contributed by atoms with Gasteiger partial charge in [0.25, 0.3) is 0 Å². The highest BCUT2D eigenvalue weighted by atomic mass is 16.6. The van der Waals surface area contributed by atoms with Crippen LogP contribution >= 0.6 is 0 Å². The van der Waals surface area contributed by atoms with Gasteiger partial charge >= 0.3 is 6.09 Å². The first-order chi connectivity index (χ1) is 11.2. The molecule has 0 radical (unpaired) electrons. The number of carbonyl (C=O) groups is 2. The first kappa shape index (κ1) is 18.2. The van der Waals surface area contributed by atoms with Gasteiger partial charge in [-0.3, -0.25) is 4.79 Å². The van der Waals surface area contributed by atoms with Gasteiger partial charge in [-0.05, 0) is 46.2 Å². The van der Waals surface area contributed by atoms with Gasteiger partial charge in [0, 0.05) is 31.4 Å². The lowest BCUT2D eigenvalue weighted by atomic mass is 10.1. The zero-order valence-electron chi connectivity index (χ0n) is 15.2. The van der Waals surface area contributed by atoms with E-state index in [4.69, 9.17) is 4.74 Å². The maximum atomic E-state index is 12.4. The van der Waals surface area contributed by atoms with E-state index >= 15 is 0 Å². The van der Waals surface area contributed by atoms with Crippen molar-refractivity contribution in [1.29, 1.82) is 0 Å². The fraction of sp³-hybridized carbons (Fsp3) is 0.611. The van der Waals surface area contributed by atoms with Crippen LogP contribution in [0.15, 0.2) is 18.3 Å². The van der Waals surface area contributed by atoms with E-state index < -0.39 is 5.60 Å². The van der Waals surface area contributed by atoms with E-state index in [1.165, 1.54) is 6.92 Å². The Bertz CT molecular complexity index is 593. The zero-order chi connectivity index (χ0) is 17.9. The van der Waals surface area contributed by atoms with Crippen LogP contribution in [-0.4, -0.2) is 53.0 Å². The third-order valence-electron chi connectivity index (χ3n) is 4.06. The molecule has 6 nitrogen and oxygen atoms in total. The molecule has 0 bridgehead atoms. The molecule has 24 heavy (non-hydrogen) atoms. The molecule has 1 atom stereocenters. The number of rotatable bonds is 3. The predicted molar refractivity (Wildman–Crippen MR) is 93.5 cm³/mol. The van der Waals surface area contributed by atoms with Crippen molar-refractivity contribution >= 4 is 17.7 Å². The monoisotopic (exact) mass is 333 g/mol. The number of ether oxygens (including phenoxy) is 1. The second-order valence-corrected chi connectivity index (χ2v) is 7.14. The molecule has 6 heteroatoms. The number of nitrogens with zero attached hydrogens (tertiary/aromatic N) is 3. The minimum absolute atomic E-state index is 0.00947. The van der Waals surface area contributed by atoms with E-state index in [1.54, 1.807) is 12.3 Å². The summed E-state index contributed by atoms with van der Waals surface area (Å²) in [5.74, 6) is 0.845. The molecule has 2 heterocycles. The highest BCUT2D eigenvalue weighted by Crippen LogP contribution is 2.21. The molecule has 1 saturated heterocycles. The van der Waals surface area contributed by atoms with Gasteiger partial charge < -0.3 is 14.5 Å². The lowest BCUT2D eigenvalue weighted by molar-refractivity contribution is 0.0136. The topological polar surface area (TPSA) is 62.7 Å². The molecule has 1 aromatic heterocycles. The number of anilines is 1. The summed E-state index contributed by atoms with van der Waals surface area (Å²) in [4.78, 5) is 32.1. The summed E-state index contributed by atoms with van der Waals surface area (Å²) in [5.41, 5.74) is 0.120. The molecule has 1 aliphatic rings. The van der Waals surface area contributed by atoms with Crippen molar-refractivity contribution in [3.8, 4) is 0 Å². The van der Waals surface area contributed by atoms with Crippen LogP contribution in [0, 0.1) is 0 Å². The van der Waals surface area contributed by atoms with Crippen LogP contribution in [0.25, 0.3) is 0 Å². The molecule has 1 fully saturated rings. The molecule has 0 spiro atoms. The summed E-state index contributed by atoms with van der Waals surface area (Å²) in [6.07, 6.45) is 2.20. The lowest BCUT2D eigenvalue weighted by Gasteiger charge is -2.41. The summed E-state index contributed by atoms with van der Waals surface area (Å²) in [6, 6.07) is 3.75. The highest BCUT2D eigenvalue weighted by molar-refractivity contribution is 5.93. The third-order valence-corrected chi connectivity index (χ3v) is 4.06. The number of carbonyl (C=O) groups excluding carboxylic acids is 2. The van der Waals surface area contributed by atoms with Crippen LogP contribution < -0.4 is 4.90 Å². The average molecular weight is 333 g/mol. The van der Waals surface area contributed by atoms with Crippen LogP contribution in [0.5, 0.6) is 0 Å². The number of hydrogen-bond acceptors (Lipinski definition) is 5. The summed E-state index contributed by atoms with van der Waals surface area (Å²) in [5, 5.41) is 0. The molecule has 0 saturated carbocycles. The van der Waals surface area contributed by atoms with Crippen molar-refractivity contribution in [3.05, 3.63) is 23.9 Å². The van der Waals surface area contributed by atoms with Crippen molar-refractivity contribution in [2.24, 2.45) is 0 Å². The second-order valence-electron chi connectivity index (χ2n) is 7.14. The Morgan fingerprint density at radius 3 is 2.50 bits per heavy atom. The van der Waals surface area contributed by atoms with Crippen molar-refractivity contribution in [1.82, 2.24) is 9.88 Å². The average Bonchev–Trinajstić information content (AvgIpc) is 2.52. The van der Waals surface area contributed by atoms with Gasteiger partial charge in [-0.1, -0.05) is 6.92 Å². The lowest BCUT2D eigenvalue weighted by Crippen LogP contribution is -2.56. The van der Waals surface area contributed by atoms with Gasteiger partial charge in [0.2, 0.25) is 0 Å². The van der Waals surface area contributed by atoms with Gasteiger partial charge in [-0.25, -0.2) is 9.78 Å². The van der Waals surface area contributed by atoms with Gasteiger partial charge in [0.05, 0.1) is 6.04 Å². The van der Waals surface area contributed by atoms with Crippen molar-refractivity contribution in [3.63, 3.8) is 0 Å². The van der Waals surface area contributed by atoms with Gasteiger partial charge in [-0.15, -0.1) is 0 Å². The number of amides is 1. The summed E-state index contributed by atoms with van der Waals surface area (Å²) >= 11 is 0. The molecule has 1 amide bonds. The molecule has 1 aromatic rings. The Labute approximate surface area is 143 Å². The minimum atomic E-state index is -0.489. The molecule has 0 aromatic carbocycles. The number of hydrogen-bond donors (Lipinski definition) is 0. The molecule has 0 unspecified atom stereocenters. The number of Topliss-reactive ketones (excluding diaryl/α,β-unsaturated/α-hetero) is 1. The maximum absolute atomic E-state index is 12.4. The molecule has 1 aliphatic heterocycles. The molecule has 0 aliphatic carbocycles. The van der Waals surface area contributed by atoms with E-state index in [-0.39, 0.29) is 17.9 Å². The molecule has 0 N–H and O–H groups in total. The quantitative estimate of drug-likeness (QED) is 0.795. The molecule has 2 rings (SSSR count). The van der Waals surface area contributed by atoms with E-state index in [2.05, 4.69) is 16.8 Å². The standard InChI is InChI=1S/C18H27N3O3/c1-6-15-12-20(16-8-7-14(11-19-16)13(2)22)9-10-21(15)17(23)24-18(3,4)5/h7-8,11,15H,6,9-10,12H2,1-5H3/t15-/m0/s1. The van der Waals surface area contributed by atoms with Crippen LogP contribution in [0.4, 0.5) is 10.6 Å². The number of piperazine rings is 1. The fourth-order valence-corrected chi connectivity index (χ4v) is 2.76. The Hall–Kier alpha value is -2.11. The largest absolute Gasteiger partial charge is 0.444 e. The SMILES string of the molecule is CC[C@H]1CN(c2ccc(C(C)=O)cn2)CCN1C(=O)OC(C)(C)C. The number of pyridine rings is 1. The van der Waals surface area contributed by atoms with Crippen LogP contribution in [-0.2, 0) is 4.74 Å². The Kier molecular flexibility index (Phi) is 5.47. The molecule has 132 valence electrons. The summed E-state index contributed by atoms with van der Waals surface area (Å²) in [7, 11) is 0. The van der Waals surface area contributed by atoms with E-state index in [1.807, 2.05) is 31.7 Å².